The van der Waals surface area contributed by atoms with Gasteiger partial charge in [-0.25, -0.2) is 0 Å². The first-order valence-electron chi connectivity index (χ1n) is 10.9. The first-order chi connectivity index (χ1) is 16.6. The normalized spacial score (nSPS) is 14.5. The highest BCUT2D eigenvalue weighted by molar-refractivity contribution is 8.26. The van der Waals surface area contributed by atoms with Crippen LogP contribution in [0.5, 0.6) is 17.2 Å². The number of amides is 1. The van der Waals surface area contributed by atoms with Gasteiger partial charge in [0.2, 0.25) is 0 Å². The number of thiocarbonyl (C=S) groups is 1. The molecule has 0 radical (unpaired) electrons. The van der Waals surface area contributed by atoms with Crippen molar-refractivity contribution in [3.05, 3.63) is 94.9 Å². The van der Waals surface area contributed by atoms with Crippen LogP contribution in [0.1, 0.15) is 17.5 Å². The van der Waals surface area contributed by atoms with Crippen molar-refractivity contribution in [1.29, 1.82) is 0 Å². The zero-order valence-corrected chi connectivity index (χ0v) is 20.4. The number of carbonyl (C=O) groups excluding carboxylic acids is 1. The van der Waals surface area contributed by atoms with Crippen molar-refractivity contribution in [2.45, 2.75) is 13.0 Å². The second-order valence-electron chi connectivity index (χ2n) is 7.55. The SMILES string of the molecule is COc1ccc(OCCCOc2ccc(/C=C3\SC(=S)N(Cc4ccccc4)C3=O)cc2)cc1. The summed E-state index contributed by atoms with van der Waals surface area (Å²) in [6, 6.07) is 25.0. The van der Waals surface area contributed by atoms with E-state index in [0.29, 0.717) is 29.0 Å². The summed E-state index contributed by atoms with van der Waals surface area (Å²) in [5, 5.41) is 0. The highest BCUT2D eigenvalue weighted by atomic mass is 32.2. The predicted octanol–water partition coefficient (Wildman–Crippen LogP) is 5.94. The number of ether oxygens (including phenoxy) is 3. The van der Waals surface area contributed by atoms with Crippen molar-refractivity contribution in [1.82, 2.24) is 4.90 Å². The highest BCUT2D eigenvalue weighted by Crippen LogP contribution is 2.33. The molecule has 5 nitrogen and oxygen atoms in total. The van der Waals surface area contributed by atoms with Crippen molar-refractivity contribution in [2.24, 2.45) is 0 Å². The van der Waals surface area contributed by atoms with E-state index in [0.717, 1.165) is 34.8 Å². The van der Waals surface area contributed by atoms with Gasteiger partial charge < -0.3 is 14.2 Å². The molecule has 0 unspecified atom stereocenters. The molecule has 4 rings (SSSR count). The Hall–Kier alpha value is -3.29. The van der Waals surface area contributed by atoms with E-state index in [2.05, 4.69) is 0 Å². The predicted molar refractivity (Wildman–Crippen MR) is 140 cm³/mol. The van der Waals surface area contributed by atoms with Gasteiger partial charge in [0.1, 0.15) is 21.6 Å². The van der Waals surface area contributed by atoms with Crippen LogP contribution < -0.4 is 14.2 Å². The smallest absolute Gasteiger partial charge is 0.266 e. The Labute approximate surface area is 209 Å². The number of methoxy groups -OCH3 is 1. The summed E-state index contributed by atoms with van der Waals surface area (Å²) in [6.45, 7) is 1.60. The molecule has 1 amide bonds. The van der Waals surface area contributed by atoms with E-state index in [-0.39, 0.29) is 5.91 Å². The van der Waals surface area contributed by atoms with Crippen LogP contribution in [-0.4, -0.2) is 35.5 Å². The van der Waals surface area contributed by atoms with Crippen LogP contribution in [-0.2, 0) is 11.3 Å². The Kier molecular flexibility index (Phi) is 8.22. The Balaban J connectivity index is 1.24. The number of rotatable bonds is 10. The minimum absolute atomic E-state index is 0.0592. The van der Waals surface area contributed by atoms with Gasteiger partial charge in [0.15, 0.2) is 0 Å². The molecule has 0 atom stereocenters. The Morgan fingerprint density at radius 3 is 2.06 bits per heavy atom. The van der Waals surface area contributed by atoms with Crippen LogP contribution in [0.2, 0.25) is 0 Å². The fraction of sp³-hybridized carbons (Fsp3) is 0.185. The lowest BCUT2D eigenvalue weighted by atomic mass is 10.2. The molecule has 3 aromatic carbocycles. The number of carbonyl (C=O) groups is 1. The monoisotopic (exact) mass is 491 g/mol. The minimum Gasteiger partial charge on any atom is -0.497 e. The zero-order valence-electron chi connectivity index (χ0n) is 18.8. The molecule has 0 bridgehead atoms. The van der Waals surface area contributed by atoms with Crippen molar-refractivity contribution < 1.29 is 19.0 Å². The Bertz CT molecular complexity index is 1150. The summed E-state index contributed by atoms with van der Waals surface area (Å²) >= 11 is 6.77. The first-order valence-corrected chi connectivity index (χ1v) is 12.1. The summed E-state index contributed by atoms with van der Waals surface area (Å²) < 4.78 is 17.2. The van der Waals surface area contributed by atoms with Crippen LogP contribution in [0.15, 0.2) is 83.8 Å². The van der Waals surface area contributed by atoms with Gasteiger partial charge in [0.05, 0.1) is 31.8 Å². The van der Waals surface area contributed by atoms with Gasteiger partial charge in [0, 0.05) is 6.42 Å². The van der Waals surface area contributed by atoms with Gasteiger partial charge in [-0.05, 0) is 53.6 Å². The fourth-order valence-corrected chi connectivity index (χ4v) is 4.58. The minimum atomic E-state index is -0.0592. The van der Waals surface area contributed by atoms with E-state index < -0.39 is 0 Å². The molecule has 174 valence electrons. The van der Waals surface area contributed by atoms with Crippen LogP contribution in [0.4, 0.5) is 0 Å². The van der Waals surface area contributed by atoms with Crippen LogP contribution in [0.3, 0.4) is 0 Å². The molecule has 34 heavy (non-hydrogen) atoms. The third-order valence-corrected chi connectivity index (χ3v) is 6.50. The number of nitrogens with zero attached hydrogens (tertiary/aromatic N) is 1. The number of hydrogen-bond donors (Lipinski definition) is 0. The summed E-state index contributed by atoms with van der Waals surface area (Å²) in [6.07, 6.45) is 2.63. The van der Waals surface area contributed by atoms with E-state index in [1.165, 1.54) is 11.8 Å². The van der Waals surface area contributed by atoms with Crippen molar-refractivity contribution in [3.63, 3.8) is 0 Å². The molecule has 0 saturated carbocycles. The van der Waals surface area contributed by atoms with E-state index in [1.54, 1.807) is 12.0 Å². The second-order valence-corrected chi connectivity index (χ2v) is 9.22. The molecule has 0 aliphatic carbocycles. The Morgan fingerprint density at radius 2 is 1.44 bits per heavy atom. The van der Waals surface area contributed by atoms with Crippen LogP contribution in [0.25, 0.3) is 6.08 Å². The topological polar surface area (TPSA) is 48.0 Å². The van der Waals surface area contributed by atoms with Crippen LogP contribution >= 0.6 is 24.0 Å². The summed E-state index contributed by atoms with van der Waals surface area (Å²) in [5.41, 5.74) is 1.98. The zero-order chi connectivity index (χ0) is 23.8. The standard InChI is InChI=1S/C27H25NO4S2/c1-30-22-12-14-24(15-13-22)32-17-5-16-31-23-10-8-20(9-11-23)18-25-26(29)28(27(33)34-25)19-21-6-3-2-4-7-21/h2-4,6-15,18H,5,16-17,19H2,1H3/b25-18-. The van der Waals surface area contributed by atoms with Crippen LogP contribution in [0, 0.1) is 0 Å². The average Bonchev–Trinajstić information content (AvgIpc) is 3.13. The lowest BCUT2D eigenvalue weighted by Gasteiger charge is -2.14. The molecule has 0 spiro atoms. The van der Waals surface area contributed by atoms with Gasteiger partial charge in [0.25, 0.3) is 5.91 Å². The number of thioether (sulfide) groups is 1. The second kappa shape index (κ2) is 11.7. The third kappa shape index (κ3) is 6.40. The summed E-state index contributed by atoms with van der Waals surface area (Å²) in [4.78, 5) is 15.1. The highest BCUT2D eigenvalue weighted by Gasteiger charge is 2.31. The molecule has 1 fully saturated rings. The Morgan fingerprint density at radius 1 is 0.853 bits per heavy atom. The lowest BCUT2D eigenvalue weighted by molar-refractivity contribution is -0.122. The molecule has 7 heteroatoms. The molecular formula is C27H25NO4S2. The quantitative estimate of drug-likeness (QED) is 0.199. The fourth-order valence-electron chi connectivity index (χ4n) is 3.32. The van der Waals surface area contributed by atoms with Gasteiger partial charge in [-0.3, -0.25) is 9.69 Å². The molecular weight excluding hydrogens is 466 g/mol. The van der Waals surface area contributed by atoms with Crippen molar-refractivity contribution in [3.8, 4) is 17.2 Å². The van der Waals surface area contributed by atoms with E-state index in [1.807, 2.05) is 84.9 Å². The van der Waals surface area contributed by atoms with E-state index in [4.69, 9.17) is 26.4 Å². The third-order valence-electron chi connectivity index (χ3n) is 5.12. The molecule has 0 N–H and O–H groups in total. The first kappa shape index (κ1) is 23.9. The maximum Gasteiger partial charge on any atom is 0.266 e. The van der Waals surface area contributed by atoms with Gasteiger partial charge >= 0.3 is 0 Å². The number of benzene rings is 3. The largest absolute Gasteiger partial charge is 0.497 e. The maximum absolute atomic E-state index is 12.8. The van der Waals surface area contributed by atoms with Crippen molar-refractivity contribution in [2.75, 3.05) is 20.3 Å². The molecule has 1 aliphatic rings. The molecule has 1 saturated heterocycles. The summed E-state index contributed by atoms with van der Waals surface area (Å²) in [7, 11) is 1.64. The van der Waals surface area contributed by atoms with E-state index >= 15 is 0 Å². The lowest BCUT2D eigenvalue weighted by Crippen LogP contribution is -2.27. The summed E-state index contributed by atoms with van der Waals surface area (Å²) in [5.74, 6) is 2.33. The average molecular weight is 492 g/mol. The molecule has 1 heterocycles. The number of hydrogen-bond acceptors (Lipinski definition) is 6. The van der Waals surface area contributed by atoms with E-state index in [9.17, 15) is 4.79 Å². The van der Waals surface area contributed by atoms with Gasteiger partial charge in [-0.15, -0.1) is 0 Å². The van der Waals surface area contributed by atoms with Gasteiger partial charge in [-0.2, -0.15) is 0 Å². The molecule has 1 aliphatic heterocycles. The molecule has 0 aromatic heterocycles. The van der Waals surface area contributed by atoms with Gasteiger partial charge in [-0.1, -0.05) is 66.4 Å². The maximum atomic E-state index is 12.8. The molecule has 3 aromatic rings. The van der Waals surface area contributed by atoms with Crippen molar-refractivity contribution >= 4 is 40.3 Å².